The monoisotopic (exact) mass is 557 g/mol. The van der Waals surface area contributed by atoms with E-state index in [1.54, 1.807) is 0 Å². The lowest BCUT2D eigenvalue weighted by Crippen LogP contribution is -2.47. The van der Waals surface area contributed by atoms with E-state index >= 15 is 0 Å². The number of ether oxygens (including phenoxy) is 1. The third kappa shape index (κ3) is 8.90. The number of anilines is 2. The lowest BCUT2D eigenvalue weighted by molar-refractivity contribution is -0.144. The van der Waals surface area contributed by atoms with Crippen molar-refractivity contribution in [3.05, 3.63) is 47.5 Å². The van der Waals surface area contributed by atoms with Crippen LogP contribution in [0.5, 0.6) is 0 Å². The Kier molecular flexibility index (Phi) is 12.1. The topological polar surface area (TPSA) is 36.0 Å². The fourth-order valence-electron chi connectivity index (χ4n) is 5.32. The number of para-hydroxylation sites is 1. The third-order valence-electron chi connectivity index (χ3n) is 7.56. The quantitative estimate of drug-likeness (QED) is 0.165. The number of hydrogen-bond acceptors (Lipinski definition) is 6. The molecule has 0 aliphatic carbocycles. The van der Waals surface area contributed by atoms with Gasteiger partial charge in [-0.25, -0.2) is 0 Å². The summed E-state index contributed by atoms with van der Waals surface area (Å²) in [5, 5.41) is 0.785. The highest BCUT2D eigenvalue weighted by molar-refractivity contribution is 7.99. The van der Waals surface area contributed by atoms with Gasteiger partial charge in [0.1, 0.15) is 6.61 Å². The molecule has 1 saturated heterocycles. The summed E-state index contributed by atoms with van der Waals surface area (Å²) in [6, 6.07) is 14.9. The SMILES string of the molecule is CCCCCCCCCC(=O)OCCN1CCN(CCCN2c3ccccc3Sc3ccc(Cl)cc32)CC1. The molecule has 5 nitrogen and oxygen atoms in total. The van der Waals surface area contributed by atoms with E-state index in [4.69, 9.17) is 16.3 Å². The smallest absolute Gasteiger partial charge is 0.305 e. The van der Waals surface area contributed by atoms with Gasteiger partial charge in [0.25, 0.3) is 0 Å². The molecule has 2 aromatic carbocycles. The van der Waals surface area contributed by atoms with Crippen molar-refractivity contribution in [2.45, 2.75) is 74.5 Å². The highest BCUT2D eigenvalue weighted by atomic mass is 35.5. The first kappa shape index (κ1) is 29.3. The summed E-state index contributed by atoms with van der Waals surface area (Å²) in [5.41, 5.74) is 2.49. The van der Waals surface area contributed by atoms with E-state index in [1.807, 2.05) is 17.8 Å². The van der Waals surface area contributed by atoms with E-state index in [0.29, 0.717) is 13.0 Å². The summed E-state index contributed by atoms with van der Waals surface area (Å²) in [4.78, 5) is 22.0. The van der Waals surface area contributed by atoms with E-state index in [1.165, 1.54) is 53.3 Å². The highest BCUT2D eigenvalue weighted by Gasteiger charge is 2.24. The summed E-state index contributed by atoms with van der Waals surface area (Å²) in [7, 11) is 0. The second-order valence-electron chi connectivity index (χ2n) is 10.5. The summed E-state index contributed by atoms with van der Waals surface area (Å²) < 4.78 is 5.50. The Labute approximate surface area is 238 Å². The van der Waals surface area contributed by atoms with Gasteiger partial charge in [-0.1, -0.05) is 80.9 Å². The Morgan fingerprint density at radius 2 is 1.50 bits per heavy atom. The average molecular weight is 558 g/mol. The number of benzene rings is 2. The Bertz CT molecular complexity index is 1010. The third-order valence-corrected chi connectivity index (χ3v) is 8.93. The number of carbonyl (C=O) groups excluding carboxylic acids is 1. The second kappa shape index (κ2) is 15.8. The van der Waals surface area contributed by atoms with Gasteiger partial charge in [-0.2, -0.15) is 0 Å². The summed E-state index contributed by atoms with van der Waals surface area (Å²) in [6.07, 6.45) is 10.2. The van der Waals surface area contributed by atoms with Gasteiger partial charge in [0.15, 0.2) is 0 Å². The molecule has 2 aromatic rings. The molecule has 0 atom stereocenters. The molecule has 208 valence electrons. The van der Waals surface area contributed by atoms with Crippen LogP contribution in [0.15, 0.2) is 52.3 Å². The summed E-state index contributed by atoms with van der Waals surface area (Å²) in [6.45, 7) is 9.88. The summed E-state index contributed by atoms with van der Waals surface area (Å²) >= 11 is 8.19. The number of nitrogens with zero attached hydrogens (tertiary/aromatic N) is 3. The molecule has 4 rings (SSSR count). The molecule has 2 heterocycles. The lowest BCUT2D eigenvalue weighted by atomic mass is 10.1. The Hall–Kier alpha value is -1.73. The number of rotatable bonds is 15. The molecule has 2 aliphatic rings. The van der Waals surface area contributed by atoms with Crippen molar-refractivity contribution in [2.24, 2.45) is 0 Å². The zero-order chi connectivity index (χ0) is 26.6. The van der Waals surface area contributed by atoms with Gasteiger partial charge in [0, 0.05) is 60.5 Å². The first-order chi connectivity index (χ1) is 18.6. The van der Waals surface area contributed by atoms with Crippen molar-refractivity contribution in [3.63, 3.8) is 0 Å². The molecule has 0 bridgehead atoms. The predicted octanol–water partition coefficient (Wildman–Crippen LogP) is 7.63. The van der Waals surface area contributed by atoms with E-state index in [2.05, 4.69) is 58.0 Å². The minimum Gasteiger partial charge on any atom is -0.464 e. The fourth-order valence-corrected chi connectivity index (χ4v) is 6.56. The van der Waals surface area contributed by atoms with Gasteiger partial charge in [-0.15, -0.1) is 0 Å². The maximum atomic E-state index is 12.0. The number of unbranched alkanes of at least 4 members (excludes halogenated alkanes) is 6. The van der Waals surface area contributed by atoms with Gasteiger partial charge in [-0.05, 0) is 49.7 Å². The van der Waals surface area contributed by atoms with Crippen LogP contribution in [-0.2, 0) is 9.53 Å². The molecular formula is C31H44ClN3O2S. The average Bonchev–Trinajstić information content (AvgIpc) is 2.93. The molecule has 0 amide bonds. The molecule has 0 radical (unpaired) electrons. The van der Waals surface area contributed by atoms with Crippen LogP contribution in [-0.4, -0.2) is 68.2 Å². The van der Waals surface area contributed by atoms with Gasteiger partial charge < -0.3 is 14.5 Å². The minimum absolute atomic E-state index is 0.0299. The second-order valence-corrected chi connectivity index (χ2v) is 12.0. The largest absolute Gasteiger partial charge is 0.464 e. The number of fused-ring (bicyclic) bond motifs is 2. The van der Waals surface area contributed by atoms with Crippen LogP contribution in [0.1, 0.15) is 64.7 Å². The molecule has 0 spiro atoms. The first-order valence-corrected chi connectivity index (χ1v) is 15.8. The zero-order valence-corrected chi connectivity index (χ0v) is 24.6. The predicted molar refractivity (Wildman–Crippen MR) is 160 cm³/mol. The van der Waals surface area contributed by atoms with E-state index in [0.717, 1.165) is 70.1 Å². The van der Waals surface area contributed by atoms with E-state index in [-0.39, 0.29) is 5.97 Å². The van der Waals surface area contributed by atoms with Crippen molar-refractivity contribution in [1.82, 2.24) is 9.80 Å². The van der Waals surface area contributed by atoms with Gasteiger partial charge in [-0.3, -0.25) is 9.69 Å². The molecular weight excluding hydrogens is 514 g/mol. The van der Waals surface area contributed by atoms with Crippen LogP contribution >= 0.6 is 23.4 Å². The van der Waals surface area contributed by atoms with Gasteiger partial charge >= 0.3 is 5.97 Å². The maximum absolute atomic E-state index is 12.0. The van der Waals surface area contributed by atoms with Crippen molar-refractivity contribution in [2.75, 3.05) is 57.3 Å². The van der Waals surface area contributed by atoms with Crippen molar-refractivity contribution in [3.8, 4) is 0 Å². The number of esters is 1. The maximum Gasteiger partial charge on any atom is 0.305 e. The fraction of sp³-hybridized carbons (Fsp3) is 0.581. The van der Waals surface area contributed by atoms with Crippen LogP contribution in [0.4, 0.5) is 11.4 Å². The van der Waals surface area contributed by atoms with Crippen LogP contribution in [0, 0.1) is 0 Å². The van der Waals surface area contributed by atoms with Crippen molar-refractivity contribution in [1.29, 1.82) is 0 Å². The molecule has 2 aliphatic heterocycles. The summed E-state index contributed by atoms with van der Waals surface area (Å²) in [5.74, 6) is -0.0299. The minimum atomic E-state index is -0.0299. The van der Waals surface area contributed by atoms with Crippen LogP contribution in [0.3, 0.4) is 0 Å². The van der Waals surface area contributed by atoms with Crippen LogP contribution in [0.25, 0.3) is 0 Å². The Morgan fingerprint density at radius 1 is 0.816 bits per heavy atom. The Balaban J connectivity index is 1.11. The van der Waals surface area contributed by atoms with E-state index in [9.17, 15) is 4.79 Å². The normalized spacial score (nSPS) is 15.8. The standard InChI is InChI=1S/C31H44ClN3O2S/c1-2-3-4-5-6-7-8-14-31(36)37-24-23-34-21-19-33(20-22-34)17-11-18-35-27-12-9-10-13-29(27)38-30-16-15-26(32)25-28(30)35/h9-10,12-13,15-16,25H,2-8,11,14,17-24H2,1H3. The number of halogens is 1. The molecule has 38 heavy (non-hydrogen) atoms. The van der Waals surface area contributed by atoms with Gasteiger partial charge in [0.2, 0.25) is 0 Å². The molecule has 0 aromatic heterocycles. The Morgan fingerprint density at radius 3 is 2.29 bits per heavy atom. The molecule has 0 N–H and O–H groups in total. The number of carbonyl (C=O) groups is 1. The number of hydrogen-bond donors (Lipinski definition) is 0. The van der Waals surface area contributed by atoms with Crippen molar-refractivity contribution < 1.29 is 9.53 Å². The molecule has 0 unspecified atom stereocenters. The molecule has 0 saturated carbocycles. The van der Waals surface area contributed by atoms with Crippen LogP contribution in [0.2, 0.25) is 5.02 Å². The lowest BCUT2D eigenvalue weighted by Gasteiger charge is -2.36. The van der Waals surface area contributed by atoms with Crippen molar-refractivity contribution >= 4 is 40.7 Å². The molecule has 1 fully saturated rings. The first-order valence-electron chi connectivity index (χ1n) is 14.6. The number of piperazine rings is 1. The molecule has 7 heteroatoms. The van der Waals surface area contributed by atoms with Gasteiger partial charge in [0.05, 0.1) is 11.4 Å². The van der Waals surface area contributed by atoms with E-state index < -0.39 is 0 Å². The highest BCUT2D eigenvalue weighted by Crippen LogP contribution is 2.48. The zero-order valence-electron chi connectivity index (χ0n) is 23.0. The van der Waals surface area contributed by atoms with Crippen LogP contribution < -0.4 is 4.90 Å².